The molecule has 0 radical (unpaired) electrons. The normalized spacial score (nSPS) is 10.6. The van der Waals surface area contributed by atoms with Gasteiger partial charge in [-0.2, -0.15) is 0 Å². The topological polar surface area (TPSA) is 58.1 Å². The Bertz CT molecular complexity index is 918. The van der Waals surface area contributed by atoms with E-state index in [4.69, 9.17) is 0 Å². The van der Waals surface area contributed by atoms with E-state index < -0.39 is 0 Å². The summed E-state index contributed by atoms with van der Waals surface area (Å²) in [7, 11) is 1.70. The van der Waals surface area contributed by atoms with Crippen LogP contribution in [0, 0.1) is 11.6 Å². The maximum atomic E-state index is 13.2. The lowest BCUT2D eigenvalue weighted by molar-refractivity contribution is -0.127. The minimum absolute atomic E-state index is 0.0702. The van der Waals surface area contributed by atoms with Crippen LogP contribution in [0.5, 0.6) is 0 Å². The number of anilines is 2. The fourth-order valence-electron chi connectivity index (χ4n) is 2.19. The van der Waals surface area contributed by atoms with Crippen LogP contribution in [0.2, 0.25) is 0 Å². The first kappa shape index (κ1) is 19.2. The fourth-order valence-corrected chi connectivity index (χ4v) is 3.91. The van der Waals surface area contributed by atoms with E-state index in [1.54, 1.807) is 36.2 Å². The second kappa shape index (κ2) is 8.92. The van der Waals surface area contributed by atoms with E-state index in [0.29, 0.717) is 21.7 Å². The number of benzene rings is 2. The Kier molecular flexibility index (Phi) is 6.36. The number of halogens is 2. The third kappa shape index (κ3) is 5.73. The maximum Gasteiger partial charge on any atom is 0.233 e. The van der Waals surface area contributed by atoms with Crippen molar-refractivity contribution in [1.82, 2.24) is 15.1 Å². The zero-order valence-corrected chi connectivity index (χ0v) is 16.0. The van der Waals surface area contributed by atoms with Crippen LogP contribution in [0.15, 0.2) is 52.9 Å². The summed E-state index contributed by atoms with van der Waals surface area (Å²) in [6.07, 6.45) is 0. The molecular weight excluding hydrogens is 390 g/mol. The Labute approximate surface area is 163 Å². The van der Waals surface area contributed by atoms with Gasteiger partial charge in [-0.3, -0.25) is 4.79 Å². The molecule has 3 aromatic rings. The molecular formula is C18H16F2N4OS2. The maximum absolute atomic E-state index is 13.2. The van der Waals surface area contributed by atoms with Crippen molar-refractivity contribution < 1.29 is 13.6 Å². The number of hydrogen-bond donors (Lipinski definition) is 1. The quantitative estimate of drug-likeness (QED) is 0.593. The number of aromatic nitrogens is 2. The fraction of sp³-hybridized carbons (Fsp3) is 0.167. The summed E-state index contributed by atoms with van der Waals surface area (Å²) in [5.41, 5.74) is 1.44. The second-order valence-corrected chi connectivity index (χ2v) is 7.87. The number of nitrogens with zero attached hydrogens (tertiary/aromatic N) is 3. The van der Waals surface area contributed by atoms with E-state index in [1.807, 2.05) is 0 Å². The molecule has 3 rings (SSSR count). The monoisotopic (exact) mass is 406 g/mol. The number of carbonyl (C=O) groups is 1. The molecule has 0 atom stereocenters. The molecule has 1 aromatic heterocycles. The summed E-state index contributed by atoms with van der Waals surface area (Å²) in [5, 5.41) is 11.5. The summed E-state index contributed by atoms with van der Waals surface area (Å²) >= 11 is 2.57. The van der Waals surface area contributed by atoms with Crippen LogP contribution < -0.4 is 5.32 Å². The number of carbonyl (C=O) groups excluding carboxylic acids is 1. The predicted octanol–water partition coefficient (Wildman–Crippen LogP) is 4.31. The molecule has 1 heterocycles. The van der Waals surface area contributed by atoms with Gasteiger partial charge in [0.1, 0.15) is 11.6 Å². The van der Waals surface area contributed by atoms with Crippen molar-refractivity contribution in [2.75, 3.05) is 18.1 Å². The minimum atomic E-state index is -0.339. The lowest BCUT2D eigenvalue weighted by Gasteiger charge is -2.16. The minimum Gasteiger partial charge on any atom is -0.341 e. The Hall–Kier alpha value is -2.52. The first-order valence-electron chi connectivity index (χ1n) is 7.97. The highest BCUT2D eigenvalue weighted by molar-refractivity contribution is 8.01. The lowest BCUT2D eigenvalue weighted by Crippen LogP contribution is -2.27. The van der Waals surface area contributed by atoms with Crippen LogP contribution >= 0.6 is 23.1 Å². The van der Waals surface area contributed by atoms with Crippen molar-refractivity contribution in [3.8, 4) is 0 Å². The standard InChI is InChI=1S/C18H16F2N4OS2/c1-24(10-12-5-7-13(19)8-6-12)16(25)11-26-18-23-22-17(27-18)21-15-4-2-3-14(20)9-15/h2-9H,10-11H2,1H3,(H,21,22). The average Bonchev–Trinajstić information content (AvgIpc) is 3.09. The molecule has 1 N–H and O–H groups in total. The molecule has 0 fully saturated rings. The first-order chi connectivity index (χ1) is 13.0. The van der Waals surface area contributed by atoms with Crippen molar-refractivity contribution in [1.29, 1.82) is 0 Å². The summed E-state index contributed by atoms with van der Waals surface area (Å²) in [6.45, 7) is 0.405. The van der Waals surface area contributed by atoms with E-state index in [2.05, 4.69) is 15.5 Å². The molecule has 0 aliphatic carbocycles. The largest absolute Gasteiger partial charge is 0.341 e. The summed E-state index contributed by atoms with van der Waals surface area (Å²) in [6, 6.07) is 12.1. The second-order valence-electron chi connectivity index (χ2n) is 5.67. The SMILES string of the molecule is CN(Cc1ccc(F)cc1)C(=O)CSc1nnc(Nc2cccc(F)c2)s1. The molecule has 0 aliphatic heterocycles. The zero-order chi connectivity index (χ0) is 19.2. The Morgan fingerprint density at radius 1 is 1.15 bits per heavy atom. The molecule has 9 heteroatoms. The Balaban J connectivity index is 1.50. The van der Waals surface area contributed by atoms with Crippen LogP contribution in [-0.4, -0.2) is 33.8 Å². The van der Waals surface area contributed by atoms with Crippen LogP contribution in [0.1, 0.15) is 5.56 Å². The highest BCUT2D eigenvalue weighted by Gasteiger charge is 2.13. The van der Waals surface area contributed by atoms with Gasteiger partial charge < -0.3 is 10.2 Å². The van der Waals surface area contributed by atoms with Crippen molar-refractivity contribution in [2.24, 2.45) is 0 Å². The smallest absolute Gasteiger partial charge is 0.233 e. The molecule has 0 unspecified atom stereocenters. The van der Waals surface area contributed by atoms with Crippen molar-refractivity contribution in [3.63, 3.8) is 0 Å². The van der Waals surface area contributed by atoms with Crippen LogP contribution in [0.4, 0.5) is 19.6 Å². The molecule has 0 saturated heterocycles. The van der Waals surface area contributed by atoms with E-state index in [-0.39, 0.29) is 23.3 Å². The van der Waals surface area contributed by atoms with Gasteiger partial charge >= 0.3 is 0 Å². The molecule has 140 valence electrons. The molecule has 1 amide bonds. The highest BCUT2D eigenvalue weighted by Crippen LogP contribution is 2.28. The molecule has 0 aliphatic rings. The lowest BCUT2D eigenvalue weighted by atomic mass is 10.2. The van der Waals surface area contributed by atoms with Crippen LogP contribution in [0.3, 0.4) is 0 Å². The number of nitrogens with one attached hydrogen (secondary N) is 1. The van der Waals surface area contributed by atoms with E-state index in [0.717, 1.165) is 5.56 Å². The molecule has 27 heavy (non-hydrogen) atoms. The van der Waals surface area contributed by atoms with Crippen molar-refractivity contribution in [3.05, 3.63) is 65.7 Å². The van der Waals surface area contributed by atoms with Gasteiger partial charge in [0, 0.05) is 19.3 Å². The van der Waals surface area contributed by atoms with Gasteiger partial charge in [0.2, 0.25) is 11.0 Å². The molecule has 0 spiro atoms. The average molecular weight is 406 g/mol. The van der Waals surface area contributed by atoms with Gasteiger partial charge in [-0.05, 0) is 35.9 Å². The Morgan fingerprint density at radius 2 is 1.93 bits per heavy atom. The summed E-state index contributed by atoms with van der Waals surface area (Å²) < 4.78 is 26.8. The van der Waals surface area contributed by atoms with Crippen LogP contribution in [0.25, 0.3) is 0 Å². The van der Waals surface area contributed by atoms with E-state index >= 15 is 0 Å². The summed E-state index contributed by atoms with van der Waals surface area (Å²) in [5.74, 6) is -0.498. The zero-order valence-electron chi connectivity index (χ0n) is 14.4. The van der Waals surface area contributed by atoms with Crippen LogP contribution in [-0.2, 0) is 11.3 Å². The van der Waals surface area contributed by atoms with E-state index in [1.165, 1.54) is 47.4 Å². The Morgan fingerprint density at radius 3 is 2.67 bits per heavy atom. The third-order valence-corrected chi connectivity index (χ3v) is 5.52. The van der Waals surface area contributed by atoms with Crippen molar-refractivity contribution in [2.45, 2.75) is 10.9 Å². The van der Waals surface area contributed by atoms with Gasteiger partial charge in [-0.1, -0.05) is 41.3 Å². The highest BCUT2D eigenvalue weighted by atomic mass is 32.2. The molecule has 0 bridgehead atoms. The van der Waals surface area contributed by atoms with Gasteiger partial charge in [-0.15, -0.1) is 10.2 Å². The van der Waals surface area contributed by atoms with E-state index in [9.17, 15) is 13.6 Å². The predicted molar refractivity (Wildman–Crippen MR) is 103 cm³/mol. The molecule has 2 aromatic carbocycles. The number of rotatable bonds is 7. The number of hydrogen-bond acceptors (Lipinski definition) is 6. The van der Waals surface area contributed by atoms with Gasteiger partial charge in [0.15, 0.2) is 4.34 Å². The third-order valence-electron chi connectivity index (χ3n) is 3.56. The van der Waals surface area contributed by atoms with Crippen molar-refractivity contribution >= 4 is 39.8 Å². The molecule has 0 saturated carbocycles. The molecule has 5 nitrogen and oxygen atoms in total. The first-order valence-corrected chi connectivity index (χ1v) is 9.77. The van der Waals surface area contributed by atoms with Gasteiger partial charge in [-0.25, -0.2) is 8.78 Å². The van der Waals surface area contributed by atoms with Gasteiger partial charge in [0.25, 0.3) is 0 Å². The number of amides is 1. The van der Waals surface area contributed by atoms with Gasteiger partial charge in [0.05, 0.1) is 5.75 Å². The number of thioether (sulfide) groups is 1. The summed E-state index contributed by atoms with van der Waals surface area (Å²) in [4.78, 5) is 13.8.